The normalized spacial score (nSPS) is 14.7. The SMILES string of the molecule is Cc1ccc(C(C)NC(c2ccccc2)C(F)(F)F)cc1. The molecular formula is C17H18F3N. The van der Waals surface area contributed by atoms with Crippen LogP contribution in [0.25, 0.3) is 0 Å². The van der Waals surface area contributed by atoms with Gasteiger partial charge in [-0.25, -0.2) is 0 Å². The van der Waals surface area contributed by atoms with Crippen LogP contribution >= 0.6 is 0 Å². The average Bonchev–Trinajstić information content (AvgIpc) is 2.45. The van der Waals surface area contributed by atoms with Crippen molar-refractivity contribution in [3.63, 3.8) is 0 Å². The Hall–Kier alpha value is -1.81. The molecule has 4 heteroatoms. The maximum atomic E-state index is 13.3. The van der Waals surface area contributed by atoms with Gasteiger partial charge in [0.25, 0.3) is 0 Å². The molecule has 0 aromatic heterocycles. The largest absolute Gasteiger partial charge is 0.407 e. The van der Waals surface area contributed by atoms with Crippen LogP contribution in [0.15, 0.2) is 54.6 Å². The number of rotatable bonds is 4. The molecule has 2 aromatic carbocycles. The van der Waals surface area contributed by atoms with E-state index in [1.807, 2.05) is 31.2 Å². The zero-order valence-electron chi connectivity index (χ0n) is 12.0. The summed E-state index contributed by atoms with van der Waals surface area (Å²) in [7, 11) is 0. The Morgan fingerprint density at radius 1 is 0.857 bits per heavy atom. The molecule has 2 atom stereocenters. The van der Waals surface area contributed by atoms with Crippen LogP contribution in [0.5, 0.6) is 0 Å². The highest BCUT2D eigenvalue weighted by Gasteiger charge is 2.41. The van der Waals surface area contributed by atoms with E-state index in [-0.39, 0.29) is 5.56 Å². The first kappa shape index (κ1) is 15.6. The van der Waals surface area contributed by atoms with Gasteiger partial charge < -0.3 is 0 Å². The summed E-state index contributed by atoms with van der Waals surface area (Å²) in [6.45, 7) is 3.69. The molecule has 0 amide bonds. The van der Waals surface area contributed by atoms with Gasteiger partial charge in [-0.05, 0) is 25.0 Å². The highest BCUT2D eigenvalue weighted by atomic mass is 19.4. The summed E-state index contributed by atoms with van der Waals surface area (Å²) < 4.78 is 39.9. The molecule has 0 saturated carbocycles. The second-order valence-electron chi connectivity index (χ2n) is 5.18. The predicted molar refractivity (Wildman–Crippen MR) is 78.0 cm³/mol. The molecule has 0 aliphatic carbocycles. The quantitative estimate of drug-likeness (QED) is 0.841. The number of benzene rings is 2. The molecule has 0 aliphatic heterocycles. The van der Waals surface area contributed by atoms with E-state index in [0.717, 1.165) is 11.1 Å². The van der Waals surface area contributed by atoms with Crippen LogP contribution in [0.3, 0.4) is 0 Å². The smallest absolute Gasteiger partial charge is 0.296 e. The summed E-state index contributed by atoms with van der Waals surface area (Å²) >= 11 is 0. The van der Waals surface area contributed by atoms with Gasteiger partial charge in [0, 0.05) is 6.04 Å². The van der Waals surface area contributed by atoms with Crippen molar-refractivity contribution in [2.45, 2.75) is 32.1 Å². The minimum absolute atomic E-state index is 0.226. The lowest BCUT2D eigenvalue weighted by Gasteiger charge is -2.26. The van der Waals surface area contributed by atoms with E-state index >= 15 is 0 Å². The van der Waals surface area contributed by atoms with Crippen molar-refractivity contribution in [3.8, 4) is 0 Å². The Kier molecular flexibility index (Phi) is 4.68. The van der Waals surface area contributed by atoms with Gasteiger partial charge in [0.2, 0.25) is 0 Å². The molecule has 2 rings (SSSR count). The van der Waals surface area contributed by atoms with Crippen LogP contribution in [-0.4, -0.2) is 6.18 Å². The molecule has 0 bridgehead atoms. The van der Waals surface area contributed by atoms with Gasteiger partial charge in [0.15, 0.2) is 0 Å². The molecule has 2 unspecified atom stereocenters. The van der Waals surface area contributed by atoms with Crippen LogP contribution in [0.2, 0.25) is 0 Å². The molecule has 0 heterocycles. The van der Waals surface area contributed by atoms with E-state index in [2.05, 4.69) is 5.32 Å². The highest BCUT2D eigenvalue weighted by Crippen LogP contribution is 2.34. The van der Waals surface area contributed by atoms with Crippen LogP contribution < -0.4 is 5.32 Å². The van der Waals surface area contributed by atoms with Crippen molar-refractivity contribution >= 4 is 0 Å². The van der Waals surface area contributed by atoms with Crippen LogP contribution in [-0.2, 0) is 0 Å². The molecule has 2 aromatic rings. The van der Waals surface area contributed by atoms with Gasteiger partial charge in [0.05, 0.1) is 0 Å². The molecule has 21 heavy (non-hydrogen) atoms. The van der Waals surface area contributed by atoms with Gasteiger partial charge in [-0.3, -0.25) is 5.32 Å². The number of hydrogen-bond donors (Lipinski definition) is 1. The standard InChI is InChI=1S/C17H18F3N/c1-12-8-10-14(11-9-12)13(2)21-16(17(18,19)20)15-6-4-3-5-7-15/h3-11,13,16,21H,1-2H3. The Bertz CT molecular complexity index is 561. The zero-order valence-corrected chi connectivity index (χ0v) is 12.0. The fourth-order valence-corrected chi connectivity index (χ4v) is 2.23. The summed E-state index contributed by atoms with van der Waals surface area (Å²) in [5.74, 6) is 0. The topological polar surface area (TPSA) is 12.0 Å². The van der Waals surface area contributed by atoms with E-state index in [0.29, 0.717) is 0 Å². The maximum Gasteiger partial charge on any atom is 0.407 e. The second kappa shape index (κ2) is 6.31. The Morgan fingerprint density at radius 2 is 1.43 bits per heavy atom. The van der Waals surface area contributed by atoms with Gasteiger partial charge in [-0.15, -0.1) is 0 Å². The lowest BCUT2D eigenvalue weighted by atomic mass is 10.0. The molecule has 0 radical (unpaired) electrons. The fraction of sp³-hybridized carbons (Fsp3) is 0.294. The Labute approximate surface area is 122 Å². The number of hydrogen-bond acceptors (Lipinski definition) is 1. The number of nitrogens with one attached hydrogen (secondary N) is 1. The first-order chi connectivity index (χ1) is 9.88. The molecule has 1 nitrogen and oxygen atoms in total. The summed E-state index contributed by atoms with van der Waals surface area (Å²) in [4.78, 5) is 0. The maximum absolute atomic E-state index is 13.3. The first-order valence-corrected chi connectivity index (χ1v) is 6.82. The molecule has 0 spiro atoms. The molecule has 112 valence electrons. The Morgan fingerprint density at radius 3 is 1.95 bits per heavy atom. The third kappa shape index (κ3) is 4.08. The van der Waals surface area contributed by atoms with Crippen molar-refractivity contribution < 1.29 is 13.2 Å². The van der Waals surface area contributed by atoms with Crippen LogP contribution in [0.4, 0.5) is 13.2 Å². The average molecular weight is 293 g/mol. The van der Waals surface area contributed by atoms with E-state index < -0.39 is 18.3 Å². The van der Waals surface area contributed by atoms with Crippen molar-refractivity contribution in [1.82, 2.24) is 5.32 Å². The number of aryl methyl sites for hydroxylation is 1. The lowest BCUT2D eigenvalue weighted by molar-refractivity contribution is -0.159. The molecule has 1 N–H and O–H groups in total. The van der Waals surface area contributed by atoms with E-state index in [9.17, 15) is 13.2 Å². The zero-order chi connectivity index (χ0) is 15.5. The van der Waals surface area contributed by atoms with E-state index in [1.165, 1.54) is 12.1 Å². The van der Waals surface area contributed by atoms with Crippen molar-refractivity contribution in [1.29, 1.82) is 0 Å². The third-order valence-electron chi connectivity index (χ3n) is 3.45. The van der Waals surface area contributed by atoms with Gasteiger partial charge in [0.1, 0.15) is 6.04 Å². The van der Waals surface area contributed by atoms with Gasteiger partial charge in [-0.1, -0.05) is 60.2 Å². The second-order valence-corrected chi connectivity index (χ2v) is 5.18. The summed E-state index contributed by atoms with van der Waals surface area (Å²) in [6, 6.07) is 13.4. The summed E-state index contributed by atoms with van der Waals surface area (Å²) in [5.41, 5.74) is 2.15. The van der Waals surface area contributed by atoms with Crippen LogP contribution in [0.1, 0.15) is 35.7 Å². The lowest BCUT2D eigenvalue weighted by Crippen LogP contribution is -2.35. The monoisotopic (exact) mass is 293 g/mol. The van der Waals surface area contributed by atoms with Crippen molar-refractivity contribution in [3.05, 3.63) is 71.3 Å². The molecule has 0 aliphatic rings. The van der Waals surface area contributed by atoms with Crippen LogP contribution in [0, 0.1) is 6.92 Å². The highest BCUT2D eigenvalue weighted by molar-refractivity contribution is 5.25. The van der Waals surface area contributed by atoms with E-state index in [1.54, 1.807) is 25.1 Å². The molecule has 0 saturated heterocycles. The third-order valence-corrected chi connectivity index (χ3v) is 3.45. The minimum Gasteiger partial charge on any atom is -0.296 e. The summed E-state index contributed by atoms with van der Waals surface area (Å²) in [5, 5.41) is 2.68. The molecular weight excluding hydrogens is 275 g/mol. The van der Waals surface area contributed by atoms with E-state index in [4.69, 9.17) is 0 Å². The number of alkyl halides is 3. The molecule has 0 fully saturated rings. The fourth-order valence-electron chi connectivity index (χ4n) is 2.23. The first-order valence-electron chi connectivity index (χ1n) is 6.82. The minimum atomic E-state index is -4.33. The predicted octanol–water partition coefficient (Wildman–Crippen LogP) is 4.95. The van der Waals surface area contributed by atoms with Gasteiger partial charge >= 0.3 is 6.18 Å². The number of halogens is 3. The van der Waals surface area contributed by atoms with Crippen molar-refractivity contribution in [2.24, 2.45) is 0 Å². The Balaban J connectivity index is 2.21. The van der Waals surface area contributed by atoms with Gasteiger partial charge in [-0.2, -0.15) is 13.2 Å². The van der Waals surface area contributed by atoms with Crippen molar-refractivity contribution in [2.75, 3.05) is 0 Å². The summed E-state index contributed by atoms with van der Waals surface area (Å²) in [6.07, 6.45) is -4.33.